The maximum Gasteiger partial charge on any atom is 0.426 e. The van der Waals surface area contributed by atoms with Gasteiger partial charge in [-0.25, -0.2) is 4.79 Å². The molecule has 1 fully saturated rings. The molecule has 128 valence electrons. The Morgan fingerprint density at radius 1 is 0.955 bits per heavy atom. The van der Waals surface area contributed by atoms with Gasteiger partial charge in [-0.2, -0.15) is 26.3 Å². The van der Waals surface area contributed by atoms with Crippen LogP contribution in [0, 0.1) is 5.92 Å². The summed E-state index contributed by atoms with van der Waals surface area (Å²) in [7, 11) is 0. The lowest BCUT2D eigenvalue weighted by atomic mass is 9.75. The molecule has 4 nitrogen and oxygen atoms in total. The minimum Gasteiger partial charge on any atom is -0.457 e. The minimum atomic E-state index is -5.86. The maximum atomic E-state index is 12.7. The van der Waals surface area contributed by atoms with Gasteiger partial charge in [0.1, 0.15) is 6.10 Å². The zero-order valence-corrected chi connectivity index (χ0v) is 11.4. The van der Waals surface area contributed by atoms with Crippen molar-refractivity contribution in [1.29, 1.82) is 0 Å². The Hall–Kier alpha value is -1.32. The van der Waals surface area contributed by atoms with Crippen LogP contribution in [0.25, 0.3) is 0 Å². The van der Waals surface area contributed by atoms with E-state index in [1.807, 2.05) is 0 Å². The van der Waals surface area contributed by atoms with E-state index in [0.29, 0.717) is 0 Å². The standard InChI is InChI=1S/C12H14F6O4/c1-6(19)9(20)22-8-4-2-7(3-5-8)10(21,11(13,14)15)12(16,17)18/h7-8,21H,2-5H2,1H3. The number of rotatable bonds is 3. The molecule has 1 rings (SSSR count). The van der Waals surface area contributed by atoms with Crippen molar-refractivity contribution < 1.29 is 45.8 Å². The molecule has 0 saturated heterocycles. The Bertz CT molecular complexity index is 420. The van der Waals surface area contributed by atoms with E-state index in [1.165, 1.54) is 0 Å². The number of alkyl halides is 6. The zero-order valence-electron chi connectivity index (χ0n) is 11.4. The molecule has 0 aromatic heterocycles. The van der Waals surface area contributed by atoms with E-state index in [-0.39, 0.29) is 12.8 Å². The quantitative estimate of drug-likeness (QED) is 0.489. The molecule has 10 heteroatoms. The van der Waals surface area contributed by atoms with Crippen LogP contribution in [0.1, 0.15) is 32.6 Å². The summed E-state index contributed by atoms with van der Waals surface area (Å²) in [5, 5.41) is 9.25. The summed E-state index contributed by atoms with van der Waals surface area (Å²) in [6.07, 6.45) is -14.5. The van der Waals surface area contributed by atoms with Gasteiger partial charge in [0.2, 0.25) is 5.78 Å². The van der Waals surface area contributed by atoms with Crippen molar-refractivity contribution in [2.45, 2.75) is 56.7 Å². The smallest absolute Gasteiger partial charge is 0.426 e. The van der Waals surface area contributed by atoms with Crippen LogP contribution < -0.4 is 0 Å². The van der Waals surface area contributed by atoms with Crippen molar-refractivity contribution in [3.8, 4) is 0 Å². The number of halogens is 6. The summed E-state index contributed by atoms with van der Waals surface area (Å²) in [5.41, 5.74) is -4.80. The van der Waals surface area contributed by atoms with Gasteiger partial charge in [-0.3, -0.25) is 4.79 Å². The highest BCUT2D eigenvalue weighted by atomic mass is 19.4. The van der Waals surface area contributed by atoms with Gasteiger partial charge >= 0.3 is 18.3 Å². The second-order valence-corrected chi connectivity index (χ2v) is 5.20. The molecular formula is C12H14F6O4. The molecule has 0 amide bonds. The van der Waals surface area contributed by atoms with Gasteiger partial charge < -0.3 is 9.84 Å². The number of hydrogen-bond donors (Lipinski definition) is 1. The van der Waals surface area contributed by atoms with E-state index in [2.05, 4.69) is 4.74 Å². The fraction of sp³-hybridized carbons (Fsp3) is 0.833. The van der Waals surface area contributed by atoms with Crippen LogP contribution in [-0.2, 0) is 14.3 Å². The van der Waals surface area contributed by atoms with Crippen LogP contribution >= 0.6 is 0 Å². The van der Waals surface area contributed by atoms with Crippen LogP contribution in [0.3, 0.4) is 0 Å². The number of aliphatic hydroxyl groups is 1. The summed E-state index contributed by atoms with van der Waals surface area (Å²) in [4.78, 5) is 21.7. The first-order valence-electron chi connectivity index (χ1n) is 6.38. The number of esters is 1. The summed E-state index contributed by atoms with van der Waals surface area (Å²) < 4.78 is 80.8. The molecule has 1 aliphatic carbocycles. The molecule has 0 aromatic rings. The van der Waals surface area contributed by atoms with E-state index in [1.54, 1.807) is 0 Å². The molecule has 0 atom stereocenters. The molecule has 0 aliphatic heterocycles. The average molecular weight is 336 g/mol. The van der Waals surface area contributed by atoms with Crippen LogP contribution in [0.15, 0.2) is 0 Å². The van der Waals surface area contributed by atoms with Crippen molar-refractivity contribution in [3.05, 3.63) is 0 Å². The third-order valence-electron chi connectivity index (χ3n) is 3.69. The summed E-state index contributed by atoms with van der Waals surface area (Å²) in [5.74, 6) is -4.19. The molecule has 1 N–H and O–H groups in total. The summed E-state index contributed by atoms with van der Waals surface area (Å²) in [6, 6.07) is 0. The summed E-state index contributed by atoms with van der Waals surface area (Å²) >= 11 is 0. The van der Waals surface area contributed by atoms with E-state index in [9.17, 15) is 41.0 Å². The van der Waals surface area contributed by atoms with Crippen LogP contribution in [0.4, 0.5) is 26.3 Å². The molecule has 0 radical (unpaired) electrons. The van der Waals surface area contributed by atoms with E-state index in [0.717, 1.165) is 6.92 Å². The number of carbonyl (C=O) groups is 2. The first kappa shape index (κ1) is 18.7. The Morgan fingerprint density at radius 2 is 1.36 bits per heavy atom. The van der Waals surface area contributed by atoms with Crippen molar-refractivity contribution in [2.24, 2.45) is 5.92 Å². The second-order valence-electron chi connectivity index (χ2n) is 5.20. The van der Waals surface area contributed by atoms with E-state index >= 15 is 0 Å². The number of carbonyl (C=O) groups excluding carboxylic acids is 2. The fourth-order valence-electron chi connectivity index (χ4n) is 2.46. The van der Waals surface area contributed by atoms with Crippen molar-refractivity contribution in [3.63, 3.8) is 0 Å². The molecule has 0 aromatic carbocycles. The van der Waals surface area contributed by atoms with Crippen molar-refractivity contribution in [1.82, 2.24) is 0 Å². The molecule has 0 bridgehead atoms. The Balaban J connectivity index is 2.81. The van der Waals surface area contributed by atoms with Crippen LogP contribution in [0.5, 0.6) is 0 Å². The third kappa shape index (κ3) is 3.53. The molecular weight excluding hydrogens is 322 g/mol. The highest BCUT2D eigenvalue weighted by molar-refractivity contribution is 6.32. The normalized spacial score (nSPS) is 24.0. The summed E-state index contributed by atoms with van der Waals surface area (Å²) in [6.45, 7) is 0.931. The van der Waals surface area contributed by atoms with Gasteiger partial charge in [0, 0.05) is 12.8 Å². The van der Waals surface area contributed by atoms with Crippen molar-refractivity contribution in [2.75, 3.05) is 0 Å². The minimum absolute atomic E-state index is 0.293. The first-order valence-corrected chi connectivity index (χ1v) is 6.38. The Labute approximate surface area is 121 Å². The largest absolute Gasteiger partial charge is 0.457 e. The SMILES string of the molecule is CC(=O)C(=O)OC1CCC(C(O)(C(F)(F)F)C(F)(F)F)CC1. The fourth-order valence-corrected chi connectivity index (χ4v) is 2.46. The zero-order chi connectivity index (χ0) is 17.3. The lowest BCUT2D eigenvalue weighted by Crippen LogP contribution is -2.62. The predicted octanol–water partition coefficient (Wildman–Crippen LogP) is 2.53. The van der Waals surface area contributed by atoms with E-state index in [4.69, 9.17) is 0 Å². The highest BCUT2D eigenvalue weighted by Crippen LogP contribution is 2.51. The molecule has 1 saturated carbocycles. The molecule has 0 unspecified atom stereocenters. The number of ether oxygens (including phenoxy) is 1. The Kier molecular flexibility index (Phi) is 5.15. The monoisotopic (exact) mass is 336 g/mol. The van der Waals surface area contributed by atoms with Gasteiger partial charge in [0.05, 0.1) is 0 Å². The average Bonchev–Trinajstić information content (AvgIpc) is 2.35. The van der Waals surface area contributed by atoms with Gasteiger partial charge in [-0.1, -0.05) is 0 Å². The molecule has 0 spiro atoms. The van der Waals surface area contributed by atoms with Crippen LogP contribution in [-0.4, -0.2) is 40.9 Å². The predicted molar refractivity (Wildman–Crippen MR) is 59.6 cm³/mol. The second kappa shape index (κ2) is 6.05. The lowest BCUT2D eigenvalue weighted by Gasteiger charge is -2.41. The highest BCUT2D eigenvalue weighted by Gasteiger charge is 2.73. The van der Waals surface area contributed by atoms with E-state index < -0.39 is 54.6 Å². The van der Waals surface area contributed by atoms with Gasteiger partial charge in [-0.05, 0) is 25.7 Å². The molecule has 1 aliphatic rings. The molecule has 0 heterocycles. The van der Waals surface area contributed by atoms with Gasteiger partial charge in [0.15, 0.2) is 0 Å². The first-order chi connectivity index (χ1) is 9.80. The number of Topliss-reactive ketones (excluding diaryl/α,β-unsaturated/α-hetero) is 1. The van der Waals surface area contributed by atoms with Crippen LogP contribution in [0.2, 0.25) is 0 Å². The molecule has 22 heavy (non-hydrogen) atoms. The number of ketones is 1. The lowest BCUT2D eigenvalue weighted by molar-refractivity contribution is -0.387. The third-order valence-corrected chi connectivity index (χ3v) is 3.69. The maximum absolute atomic E-state index is 12.7. The van der Waals surface area contributed by atoms with Gasteiger partial charge in [-0.15, -0.1) is 0 Å². The van der Waals surface area contributed by atoms with Gasteiger partial charge in [0.25, 0.3) is 5.60 Å². The topological polar surface area (TPSA) is 63.6 Å². The Morgan fingerprint density at radius 3 is 1.68 bits per heavy atom. The van der Waals surface area contributed by atoms with Crippen molar-refractivity contribution >= 4 is 11.8 Å². The number of hydrogen-bond acceptors (Lipinski definition) is 4.